The molecule has 24 heavy (non-hydrogen) atoms. The van der Waals surface area contributed by atoms with E-state index in [1.165, 1.54) is 6.92 Å². The molecule has 0 aliphatic carbocycles. The van der Waals surface area contributed by atoms with E-state index in [-0.39, 0.29) is 18.5 Å². The van der Waals surface area contributed by atoms with Crippen LogP contribution >= 0.6 is 15.2 Å². The lowest BCUT2D eigenvalue weighted by atomic mass is 10.2. The van der Waals surface area contributed by atoms with Gasteiger partial charge in [0.2, 0.25) is 5.91 Å². The van der Waals surface area contributed by atoms with Crippen molar-refractivity contribution < 1.29 is 43.4 Å². The van der Waals surface area contributed by atoms with E-state index in [4.69, 9.17) is 19.6 Å². The minimum absolute atomic E-state index is 0.115. The summed E-state index contributed by atoms with van der Waals surface area (Å²) in [5.41, 5.74) is 0.204. The van der Waals surface area contributed by atoms with Gasteiger partial charge in [-0.05, 0) is 13.3 Å². The summed E-state index contributed by atoms with van der Waals surface area (Å²) in [5.74, 6) is -1.94. The predicted octanol–water partition coefficient (Wildman–Crippen LogP) is -0.863. The maximum atomic E-state index is 11.4. The number of hydrogen-bond acceptors (Lipinski definition) is 5. The molecule has 0 bridgehead atoms. The van der Waals surface area contributed by atoms with E-state index in [1.54, 1.807) is 0 Å². The fourth-order valence-electron chi connectivity index (χ4n) is 1.76. The maximum Gasteiger partial charge on any atom is 0.339 e. The van der Waals surface area contributed by atoms with Crippen LogP contribution in [0, 0.1) is 0 Å². The van der Waals surface area contributed by atoms with Gasteiger partial charge < -0.3 is 30.0 Å². The number of aliphatic carboxylic acids is 1. The van der Waals surface area contributed by atoms with E-state index in [1.807, 2.05) is 0 Å². The molecule has 11 nitrogen and oxygen atoms in total. The van der Waals surface area contributed by atoms with Gasteiger partial charge in [0.15, 0.2) is 0 Å². The van der Waals surface area contributed by atoms with Crippen LogP contribution in [0.1, 0.15) is 13.3 Å². The number of nitrogens with one attached hydrogen (secondary N) is 1. The Labute approximate surface area is 138 Å². The van der Waals surface area contributed by atoms with E-state index in [2.05, 4.69) is 11.9 Å². The fourth-order valence-corrected chi connectivity index (χ4v) is 3.09. The number of carboxylic acid groups (broad SMARTS) is 1. The number of nitrogens with zero attached hydrogens (tertiary/aromatic N) is 1. The molecule has 0 aromatic carbocycles. The Morgan fingerprint density at radius 1 is 1.17 bits per heavy atom. The quantitative estimate of drug-likeness (QED) is 0.192. The van der Waals surface area contributed by atoms with Crippen LogP contribution in [0.3, 0.4) is 0 Å². The van der Waals surface area contributed by atoms with Crippen molar-refractivity contribution in [1.82, 2.24) is 10.2 Å². The normalized spacial score (nSPS) is 13.6. The van der Waals surface area contributed by atoms with Crippen molar-refractivity contribution in [2.75, 3.05) is 25.5 Å². The highest BCUT2D eigenvalue weighted by molar-refractivity contribution is 7.52. The molecule has 140 valence electrons. The first-order valence-corrected chi connectivity index (χ1v) is 10.3. The van der Waals surface area contributed by atoms with Crippen molar-refractivity contribution in [2.24, 2.45) is 0 Å². The Bertz CT molecular complexity index is 568. The van der Waals surface area contributed by atoms with Crippen molar-refractivity contribution in [1.29, 1.82) is 0 Å². The van der Waals surface area contributed by atoms with Gasteiger partial charge >= 0.3 is 21.2 Å². The Kier molecular flexibility index (Phi) is 9.01. The smallest absolute Gasteiger partial charge is 0.339 e. The molecular weight excluding hydrogens is 366 g/mol. The number of carbonyl (C=O) groups is 2. The van der Waals surface area contributed by atoms with E-state index in [0.29, 0.717) is 0 Å². The molecule has 0 radical (unpaired) electrons. The van der Waals surface area contributed by atoms with Gasteiger partial charge in [0, 0.05) is 18.7 Å². The van der Waals surface area contributed by atoms with Crippen molar-refractivity contribution in [2.45, 2.75) is 19.4 Å². The number of amides is 1. The topological polar surface area (TPSA) is 185 Å². The van der Waals surface area contributed by atoms with E-state index in [9.17, 15) is 23.8 Å². The van der Waals surface area contributed by atoms with Crippen molar-refractivity contribution in [3.63, 3.8) is 0 Å². The van der Waals surface area contributed by atoms with Gasteiger partial charge in [-0.15, -0.1) is 0 Å². The summed E-state index contributed by atoms with van der Waals surface area (Å²) in [6, 6.07) is -1.44. The SMILES string of the molecule is C=C(C)C(=O)NCCC(C(=O)O)N(CCP(=O)(O)O)CP(=O)(O)O. The minimum Gasteiger partial charge on any atom is -0.480 e. The van der Waals surface area contributed by atoms with E-state index < -0.39 is 52.1 Å². The highest BCUT2D eigenvalue weighted by Gasteiger charge is 2.32. The lowest BCUT2D eigenvalue weighted by Gasteiger charge is -2.29. The molecule has 1 unspecified atom stereocenters. The Morgan fingerprint density at radius 3 is 2.08 bits per heavy atom. The average molecular weight is 388 g/mol. The fraction of sp³-hybridized carbons (Fsp3) is 0.636. The molecule has 0 aliphatic rings. The monoisotopic (exact) mass is 388 g/mol. The summed E-state index contributed by atoms with van der Waals surface area (Å²) in [4.78, 5) is 59.3. The number of carboxylic acids is 1. The second-order valence-corrected chi connectivity index (χ2v) is 8.57. The van der Waals surface area contributed by atoms with E-state index >= 15 is 0 Å². The van der Waals surface area contributed by atoms with Crippen LogP contribution in [0.2, 0.25) is 0 Å². The van der Waals surface area contributed by atoms with Crippen molar-refractivity contribution in [3.8, 4) is 0 Å². The third-order valence-corrected chi connectivity index (χ3v) is 4.38. The molecule has 0 saturated carbocycles. The minimum atomic E-state index is -4.66. The Hall–Kier alpha value is -1.06. The molecule has 0 spiro atoms. The zero-order valence-corrected chi connectivity index (χ0v) is 14.8. The summed E-state index contributed by atoms with van der Waals surface area (Å²) in [6.45, 7) is 4.21. The third-order valence-electron chi connectivity index (χ3n) is 2.86. The van der Waals surface area contributed by atoms with Crippen LogP contribution in [0.5, 0.6) is 0 Å². The molecule has 0 rings (SSSR count). The summed E-state index contributed by atoms with van der Waals surface area (Å²) in [5, 5.41) is 11.6. The van der Waals surface area contributed by atoms with E-state index in [0.717, 1.165) is 4.90 Å². The Balaban J connectivity index is 5.05. The van der Waals surface area contributed by atoms with Crippen LogP contribution in [0.4, 0.5) is 0 Å². The number of hydrogen-bond donors (Lipinski definition) is 6. The molecule has 13 heteroatoms. The number of rotatable bonds is 11. The molecule has 0 aromatic heterocycles. The largest absolute Gasteiger partial charge is 0.480 e. The zero-order valence-electron chi connectivity index (χ0n) is 13.0. The third kappa shape index (κ3) is 10.7. The first kappa shape index (κ1) is 22.9. The first-order valence-electron chi connectivity index (χ1n) is 6.72. The second-order valence-electron chi connectivity index (χ2n) is 5.19. The molecule has 0 aliphatic heterocycles. The number of carbonyl (C=O) groups excluding carboxylic acids is 1. The lowest BCUT2D eigenvalue weighted by molar-refractivity contribution is -0.143. The molecule has 1 amide bonds. The van der Waals surface area contributed by atoms with Crippen LogP contribution < -0.4 is 5.32 Å². The molecule has 0 aromatic rings. The molecular formula is C11H22N2O9P2. The Morgan fingerprint density at radius 2 is 1.71 bits per heavy atom. The highest BCUT2D eigenvalue weighted by atomic mass is 31.2. The van der Waals surface area contributed by atoms with Crippen LogP contribution in [0.25, 0.3) is 0 Å². The van der Waals surface area contributed by atoms with Gasteiger partial charge in [-0.25, -0.2) is 0 Å². The highest BCUT2D eigenvalue weighted by Crippen LogP contribution is 2.38. The summed E-state index contributed by atoms with van der Waals surface area (Å²) in [6.07, 6.45) is -1.94. The van der Waals surface area contributed by atoms with Crippen LogP contribution in [-0.2, 0) is 18.7 Å². The molecule has 1 atom stereocenters. The van der Waals surface area contributed by atoms with Crippen LogP contribution in [-0.4, -0.2) is 73.0 Å². The lowest BCUT2D eigenvalue weighted by Crippen LogP contribution is -2.45. The van der Waals surface area contributed by atoms with Crippen molar-refractivity contribution in [3.05, 3.63) is 12.2 Å². The van der Waals surface area contributed by atoms with Crippen molar-refractivity contribution >= 4 is 27.1 Å². The standard InChI is InChI=1S/C11H22N2O9P2/c1-8(2)10(14)12-4-3-9(11(15)16)13(7-24(20,21)22)5-6-23(17,18)19/h9H,1,3-7H2,2H3,(H,12,14)(H,15,16)(H2,17,18,19)(H2,20,21,22). The maximum absolute atomic E-state index is 11.4. The molecule has 0 fully saturated rings. The summed E-state index contributed by atoms with van der Waals surface area (Å²) < 4.78 is 22.1. The average Bonchev–Trinajstić information content (AvgIpc) is 2.36. The second kappa shape index (κ2) is 9.43. The van der Waals surface area contributed by atoms with Gasteiger partial charge in [0.05, 0.1) is 6.16 Å². The molecule has 0 heterocycles. The van der Waals surface area contributed by atoms with Crippen LogP contribution in [0.15, 0.2) is 12.2 Å². The first-order chi connectivity index (χ1) is 10.7. The van der Waals surface area contributed by atoms with Gasteiger partial charge in [-0.1, -0.05) is 6.58 Å². The summed E-state index contributed by atoms with van der Waals surface area (Å²) >= 11 is 0. The van der Waals surface area contributed by atoms with Gasteiger partial charge in [-0.2, -0.15) is 0 Å². The predicted molar refractivity (Wildman–Crippen MR) is 84.4 cm³/mol. The molecule has 6 N–H and O–H groups in total. The van der Waals surface area contributed by atoms with Gasteiger partial charge in [0.1, 0.15) is 12.3 Å². The molecule has 0 saturated heterocycles. The van der Waals surface area contributed by atoms with Gasteiger partial charge in [-0.3, -0.25) is 23.6 Å². The zero-order chi connectivity index (χ0) is 19.1. The summed E-state index contributed by atoms with van der Waals surface area (Å²) in [7, 11) is -9.13. The van der Waals surface area contributed by atoms with Gasteiger partial charge in [0.25, 0.3) is 0 Å².